The molecule has 3 rings (SSSR count). The van der Waals surface area contributed by atoms with Gasteiger partial charge in [-0.2, -0.15) is 0 Å². The zero-order chi connectivity index (χ0) is 28.4. The lowest BCUT2D eigenvalue weighted by Gasteiger charge is -2.33. The molecule has 1 N–H and O–H groups in total. The smallest absolute Gasteiger partial charge is 0.264 e. The molecule has 0 saturated carbocycles. The van der Waals surface area contributed by atoms with Crippen LogP contribution in [-0.4, -0.2) is 50.9 Å². The van der Waals surface area contributed by atoms with E-state index in [1.807, 2.05) is 37.3 Å². The number of benzene rings is 3. The number of nitrogens with one attached hydrogen (secondary N) is 1. The molecule has 8 nitrogen and oxygen atoms in total. The Morgan fingerprint density at radius 3 is 2.13 bits per heavy atom. The summed E-state index contributed by atoms with van der Waals surface area (Å²) in [6.07, 6.45) is 0.332. The number of carbonyl (C=O) groups is 2. The SMILES string of the molecule is CCNC(=O)[C@H](CC)N(Cc1ccccc1)C(=O)CN(c1ccc(OCC)cc1)S(=O)(=O)c1ccc(F)cc1. The molecule has 0 radical (unpaired) electrons. The monoisotopic (exact) mass is 555 g/mol. The first-order valence-corrected chi connectivity index (χ1v) is 14.3. The highest BCUT2D eigenvalue weighted by molar-refractivity contribution is 7.92. The highest BCUT2D eigenvalue weighted by Crippen LogP contribution is 2.27. The van der Waals surface area contributed by atoms with Crippen LogP contribution in [0.25, 0.3) is 0 Å². The molecule has 3 aromatic carbocycles. The second kappa shape index (κ2) is 13.7. The normalized spacial score (nSPS) is 11.9. The van der Waals surface area contributed by atoms with Gasteiger partial charge in [-0.25, -0.2) is 12.8 Å². The molecule has 0 fully saturated rings. The first kappa shape index (κ1) is 29.6. The van der Waals surface area contributed by atoms with Gasteiger partial charge in [-0.15, -0.1) is 0 Å². The van der Waals surface area contributed by atoms with Crippen molar-refractivity contribution in [3.8, 4) is 5.75 Å². The number of nitrogens with zero attached hydrogens (tertiary/aromatic N) is 2. The fourth-order valence-corrected chi connectivity index (χ4v) is 5.54. The summed E-state index contributed by atoms with van der Waals surface area (Å²) in [5.74, 6) is -0.922. The van der Waals surface area contributed by atoms with Crippen LogP contribution in [0, 0.1) is 5.82 Å². The number of ether oxygens (including phenoxy) is 1. The number of hydrogen-bond acceptors (Lipinski definition) is 5. The second-order valence-corrected chi connectivity index (χ2v) is 10.6. The van der Waals surface area contributed by atoms with Crippen LogP contribution in [0.4, 0.5) is 10.1 Å². The maximum Gasteiger partial charge on any atom is 0.264 e. The van der Waals surface area contributed by atoms with E-state index in [0.29, 0.717) is 25.3 Å². The first-order valence-electron chi connectivity index (χ1n) is 12.8. The van der Waals surface area contributed by atoms with Crippen LogP contribution in [0.3, 0.4) is 0 Å². The topological polar surface area (TPSA) is 96.0 Å². The maximum absolute atomic E-state index is 13.9. The average molecular weight is 556 g/mol. The van der Waals surface area contributed by atoms with E-state index in [0.717, 1.165) is 34.1 Å². The molecule has 0 heterocycles. The summed E-state index contributed by atoms with van der Waals surface area (Å²) in [5.41, 5.74) is 1.02. The summed E-state index contributed by atoms with van der Waals surface area (Å²) in [5, 5.41) is 2.77. The first-order chi connectivity index (χ1) is 18.7. The number of hydrogen-bond donors (Lipinski definition) is 1. The Balaban J connectivity index is 2.04. The van der Waals surface area contributed by atoms with Gasteiger partial charge in [0.1, 0.15) is 24.2 Å². The average Bonchev–Trinajstić information content (AvgIpc) is 2.93. The van der Waals surface area contributed by atoms with Gasteiger partial charge < -0.3 is 15.0 Å². The molecule has 0 spiro atoms. The predicted octanol–water partition coefficient (Wildman–Crippen LogP) is 4.36. The molecule has 0 aliphatic carbocycles. The minimum absolute atomic E-state index is 0.114. The van der Waals surface area contributed by atoms with Gasteiger partial charge in [0.15, 0.2) is 0 Å². The Bertz CT molecular complexity index is 1330. The minimum Gasteiger partial charge on any atom is -0.494 e. The van der Waals surface area contributed by atoms with E-state index >= 15 is 0 Å². The van der Waals surface area contributed by atoms with E-state index in [4.69, 9.17) is 4.74 Å². The molecule has 0 aliphatic heterocycles. The second-order valence-electron chi connectivity index (χ2n) is 8.72. The van der Waals surface area contributed by atoms with Gasteiger partial charge in [0.2, 0.25) is 11.8 Å². The van der Waals surface area contributed by atoms with Crippen LogP contribution in [0.5, 0.6) is 5.75 Å². The summed E-state index contributed by atoms with van der Waals surface area (Å²) < 4.78 is 47.6. The van der Waals surface area contributed by atoms with Gasteiger partial charge in [-0.1, -0.05) is 37.3 Å². The van der Waals surface area contributed by atoms with Crippen LogP contribution in [0.2, 0.25) is 0 Å². The van der Waals surface area contributed by atoms with Crippen molar-refractivity contribution in [2.75, 3.05) is 24.0 Å². The molecule has 0 aromatic heterocycles. The summed E-state index contributed by atoms with van der Waals surface area (Å²) in [4.78, 5) is 28.1. The molecule has 3 aromatic rings. The molecule has 0 bridgehead atoms. The lowest BCUT2D eigenvalue weighted by Crippen LogP contribution is -2.52. The number of halogens is 1. The molecular formula is C29H34FN3O5S. The van der Waals surface area contributed by atoms with Gasteiger partial charge >= 0.3 is 0 Å². The number of amides is 2. The van der Waals surface area contributed by atoms with Crippen molar-refractivity contribution in [1.29, 1.82) is 0 Å². The minimum atomic E-state index is -4.28. The van der Waals surface area contributed by atoms with Crippen molar-refractivity contribution >= 4 is 27.5 Å². The van der Waals surface area contributed by atoms with Crippen molar-refractivity contribution in [3.05, 3.63) is 90.2 Å². The van der Waals surface area contributed by atoms with Crippen LogP contribution < -0.4 is 14.4 Å². The van der Waals surface area contributed by atoms with E-state index in [-0.39, 0.29) is 23.0 Å². The summed E-state index contributed by atoms with van der Waals surface area (Å²) >= 11 is 0. The fraction of sp³-hybridized carbons (Fsp3) is 0.310. The van der Waals surface area contributed by atoms with Crippen molar-refractivity contribution < 1.29 is 27.1 Å². The van der Waals surface area contributed by atoms with E-state index in [1.165, 1.54) is 4.90 Å². The molecule has 0 unspecified atom stereocenters. The molecule has 0 saturated heterocycles. The van der Waals surface area contributed by atoms with Crippen LogP contribution in [0.15, 0.2) is 83.8 Å². The standard InChI is InChI=1S/C29H34FN3O5S/c1-4-27(29(35)31-5-2)32(20-22-10-8-7-9-11-22)28(34)21-33(24-14-16-25(17-15-24)38-6-3)39(36,37)26-18-12-23(30)13-19-26/h7-19,27H,4-6,20-21H2,1-3H3,(H,31,35)/t27-/m0/s1. The van der Waals surface area contributed by atoms with Crippen molar-refractivity contribution in [3.63, 3.8) is 0 Å². The molecule has 208 valence electrons. The zero-order valence-electron chi connectivity index (χ0n) is 22.3. The van der Waals surface area contributed by atoms with Crippen molar-refractivity contribution in [2.45, 2.75) is 44.7 Å². The molecule has 0 aliphatic rings. The third-order valence-electron chi connectivity index (χ3n) is 6.05. The lowest BCUT2D eigenvalue weighted by molar-refractivity contribution is -0.140. The Hall–Kier alpha value is -3.92. The number of likely N-dealkylation sites (N-methyl/N-ethyl adjacent to an activating group) is 1. The molecule has 2 amide bonds. The number of carbonyl (C=O) groups excluding carboxylic acids is 2. The Morgan fingerprint density at radius 2 is 1.56 bits per heavy atom. The van der Waals surface area contributed by atoms with E-state index < -0.39 is 34.3 Å². The van der Waals surface area contributed by atoms with E-state index in [1.54, 1.807) is 38.1 Å². The molecule has 1 atom stereocenters. The number of rotatable bonds is 13. The quantitative estimate of drug-likeness (QED) is 0.338. The van der Waals surface area contributed by atoms with Gasteiger partial charge in [0.05, 0.1) is 17.2 Å². The largest absolute Gasteiger partial charge is 0.494 e. The van der Waals surface area contributed by atoms with Gasteiger partial charge in [-0.05, 0) is 74.4 Å². The predicted molar refractivity (Wildman–Crippen MR) is 148 cm³/mol. The Morgan fingerprint density at radius 1 is 0.923 bits per heavy atom. The molecular weight excluding hydrogens is 521 g/mol. The maximum atomic E-state index is 13.9. The summed E-state index contributed by atoms with van der Waals surface area (Å²) in [6, 6.07) is 19.1. The van der Waals surface area contributed by atoms with E-state index in [2.05, 4.69) is 5.32 Å². The highest BCUT2D eigenvalue weighted by Gasteiger charge is 2.33. The lowest BCUT2D eigenvalue weighted by atomic mass is 10.1. The Kier molecular flexibility index (Phi) is 10.4. The number of sulfonamides is 1. The van der Waals surface area contributed by atoms with E-state index in [9.17, 15) is 22.4 Å². The van der Waals surface area contributed by atoms with Gasteiger partial charge in [-0.3, -0.25) is 13.9 Å². The third-order valence-corrected chi connectivity index (χ3v) is 7.84. The summed E-state index contributed by atoms with van der Waals surface area (Å²) in [6.45, 7) is 5.78. The number of anilines is 1. The third kappa shape index (κ3) is 7.57. The van der Waals surface area contributed by atoms with Gasteiger partial charge in [0, 0.05) is 13.1 Å². The Labute approximate surface area is 229 Å². The van der Waals surface area contributed by atoms with Crippen molar-refractivity contribution in [1.82, 2.24) is 10.2 Å². The highest BCUT2D eigenvalue weighted by atomic mass is 32.2. The summed E-state index contributed by atoms with van der Waals surface area (Å²) in [7, 11) is -4.28. The van der Waals surface area contributed by atoms with Crippen molar-refractivity contribution in [2.24, 2.45) is 0 Å². The van der Waals surface area contributed by atoms with Crippen LogP contribution in [-0.2, 0) is 26.2 Å². The zero-order valence-corrected chi connectivity index (χ0v) is 23.2. The molecule has 10 heteroatoms. The van der Waals surface area contributed by atoms with Crippen LogP contribution >= 0.6 is 0 Å². The van der Waals surface area contributed by atoms with Crippen LogP contribution in [0.1, 0.15) is 32.8 Å². The fourth-order valence-electron chi connectivity index (χ4n) is 4.13. The van der Waals surface area contributed by atoms with Gasteiger partial charge in [0.25, 0.3) is 10.0 Å². The molecule has 39 heavy (non-hydrogen) atoms.